The Morgan fingerprint density at radius 1 is 1.30 bits per heavy atom. The van der Waals surface area contributed by atoms with Crippen molar-refractivity contribution >= 4 is 28.6 Å². The molecule has 1 saturated carbocycles. The molecule has 0 atom stereocenters. The number of halogens is 2. The average molecular weight is 203 g/mol. The van der Waals surface area contributed by atoms with Crippen LogP contribution in [0.25, 0.3) is 0 Å². The fourth-order valence-corrected chi connectivity index (χ4v) is 2.40. The zero-order valence-corrected chi connectivity index (χ0v) is 7.83. The Morgan fingerprint density at radius 2 is 1.80 bits per heavy atom. The van der Waals surface area contributed by atoms with Crippen LogP contribution in [0.2, 0.25) is 0 Å². The first-order valence-electron chi connectivity index (χ1n) is 3.26. The Kier molecular flexibility index (Phi) is 3.05. The maximum atomic E-state index is 10.7. The van der Waals surface area contributed by atoms with Crippen molar-refractivity contribution in [3.63, 3.8) is 0 Å². The van der Waals surface area contributed by atoms with Crippen LogP contribution in [0.4, 0.5) is 0 Å². The van der Waals surface area contributed by atoms with Gasteiger partial charge in [0.2, 0.25) is 0 Å². The highest BCUT2D eigenvalue weighted by Crippen LogP contribution is 2.59. The third-order valence-electron chi connectivity index (χ3n) is 1.57. The number of rotatable bonds is 2. The average Bonchev–Trinajstić information content (AvgIpc) is 2.12. The monoisotopic (exact) mass is 202 g/mol. The molecule has 5 heteroatoms. The lowest BCUT2D eigenvalue weighted by Crippen LogP contribution is -2.01. The minimum absolute atomic E-state index is 0.0285. The molecule has 0 amide bonds. The maximum absolute atomic E-state index is 10.7. The fraction of sp³-hybridized carbons (Fsp3) is 1.00. The molecule has 2 nitrogen and oxygen atoms in total. The van der Waals surface area contributed by atoms with E-state index >= 15 is 0 Å². The second kappa shape index (κ2) is 3.44. The summed E-state index contributed by atoms with van der Waals surface area (Å²) in [6.07, 6.45) is 0.873. The summed E-state index contributed by atoms with van der Waals surface area (Å²) in [4.78, 5) is 0. The minimum atomic E-state index is -3.27. The van der Waals surface area contributed by atoms with E-state index in [0.717, 1.165) is 25.7 Å². The summed E-state index contributed by atoms with van der Waals surface area (Å²) < 4.78 is 15.6. The molecule has 0 aromatic carbocycles. The molecule has 1 aliphatic rings. The van der Waals surface area contributed by atoms with Gasteiger partial charge in [-0.1, -0.05) is 12.8 Å². The van der Waals surface area contributed by atoms with E-state index in [2.05, 4.69) is 0 Å². The number of hydrogen-bond acceptors (Lipinski definition) is 2. The van der Waals surface area contributed by atoms with Gasteiger partial charge in [0.1, 0.15) is 0 Å². The molecule has 0 saturated heterocycles. The van der Waals surface area contributed by atoms with Crippen LogP contribution in [-0.4, -0.2) is 6.10 Å². The molecule has 0 aromatic rings. The molecule has 0 heterocycles. The van der Waals surface area contributed by atoms with Gasteiger partial charge in [0.05, 0.1) is 6.10 Å². The van der Waals surface area contributed by atoms with Crippen LogP contribution in [0.15, 0.2) is 0 Å². The van der Waals surface area contributed by atoms with Gasteiger partial charge in [0.15, 0.2) is 0 Å². The van der Waals surface area contributed by atoms with Crippen molar-refractivity contribution in [3.8, 4) is 0 Å². The van der Waals surface area contributed by atoms with Gasteiger partial charge in [-0.2, -0.15) is 0 Å². The third kappa shape index (κ3) is 3.25. The second-order valence-corrected chi connectivity index (χ2v) is 6.66. The second-order valence-electron chi connectivity index (χ2n) is 2.43. The zero-order chi connectivity index (χ0) is 7.61. The molecule has 0 unspecified atom stereocenters. The Hall–Kier alpha value is 0.770. The fourth-order valence-electron chi connectivity index (χ4n) is 1.17. The summed E-state index contributed by atoms with van der Waals surface area (Å²) in [6.45, 7) is 0. The molecule has 0 bridgehead atoms. The van der Waals surface area contributed by atoms with Gasteiger partial charge in [0.25, 0.3) is 0 Å². The van der Waals surface area contributed by atoms with Gasteiger partial charge in [-0.25, -0.2) is 0 Å². The van der Waals surface area contributed by atoms with E-state index in [-0.39, 0.29) is 6.10 Å². The van der Waals surface area contributed by atoms with Crippen molar-refractivity contribution < 1.29 is 9.09 Å². The molecule has 10 heavy (non-hydrogen) atoms. The summed E-state index contributed by atoms with van der Waals surface area (Å²) in [7, 11) is 0. The highest BCUT2D eigenvalue weighted by molar-refractivity contribution is 8.05. The quantitative estimate of drug-likeness (QED) is 0.641. The Bertz CT molecular complexity index is 150. The molecular weight excluding hydrogens is 194 g/mol. The summed E-state index contributed by atoms with van der Waals surface area (Å²) in [5.41, 5.74) is 0. The van der Waals surface area contributed by atoms with Crippen molar-refractivity contribution in [1.29, 1.82) is 0 Å². The predicted molar refractivity (Wildman–Crippen MR) is 42.7 cm³/mol. The zero-order valence-electron chi connectivity index (χ0n) is 5.43. The van der Waals surface area contributed by atoms with E-state index in [1.807, 2.05) is 0 Å². The van der Waals surface area contributed by atoms with Crippen molar-refractivity contribution in [2.45, 2.75) is 31.8 Å². The molecule has 0 aromatic heterocycles. The van der Waals surface area contributed by atoms with Crippen LogP contribution in [0.1, 0.15) is 25.7 Å². The van der Waals surface area contributed by atoms with Crippen LogP contribution in [0, 0.1) is 0 Å². The highest BCUT2D eigenvalue weighted by atomic mass is 35.9. The first-order chi connectivity index (χ1) is 4.58. The largest absolute Gasteiger partial charge is 0.380 e. The van der Waals surface area contributed by atoms with Crippen molar-refractivity contribution in [1.82, 2.24) is 0 Å². The van der Waals surface area contributed by atoms with Crippen molar-refractivity contribution in [2.75, 3.05) is 0 Å². The maximum Gasteiger partial charge on any atom is 0.380 e. The van der Waals surface area contributed by atoms with E-state index in [4.69, 9.17) is 27.0 Å². The Labute approximate surface area is 69.9 Å². The van der Waals surface area contributed by atoms with Crippen molar-refractivity contribution in [2.24, 2.45) is 0 Å². The van der Waals surface area contributed by atoms with Crippen molar-refractivity contribution in [3.05, 3.63) is 0 Å². The van der Waals surface area contributed by atoms with E-state index in [1.54, 1.807) is 0 Å². The lowest BCUT2D eigenvalue weighted by atomic mass is 10.3. The topological polar surface area (TPSA) is 26.3 Å². The Morgan fingerprint density at radius 3 is 2.20 bits per heavy atom. The van der Waals surface area contributed by atoms with Gasteiger partial charge in [-0.3, -0.25) is 4.57 Å². The first-order valence-corrected chi connectivity index (χ1v) is 6.69. The SMILES string of the molecule is O=P(Cl)(Cl)OC1CCCC1. The first kappa shape index (κ1) is 8.86. The summed E-state index contributed by atoms with van der Waals surface area (Å²) in [5, 5.41) is 0. The molecule has 60 valence electrons. The van der Waals surface area contributed by atoms with E-state index in [1.165, 1.54) is 0 Å². The van der Waals surface area contributed by atoms with E-state index in [9.17, 15) is 4.57 Å². The lowest BCUT2D eigenvalue weighted by molar-refractivity contribution is 0.226. The highest BCUT2D eigenvalue weighted by Gasteiger charge is 2.24. The molecule has 0 radical (unpaired) electrons. The van der Waals surface area contributed by atoms with Crippen LogP contribution < -0.4 is 0 Å². The molecule has 1 aliphatic carbocycles. The third-order valence-corrected chi connectivity index (χ3v) is 2.60. The van der Waals surface area contributed by atoms with E-state index in [0.29, 0.717) is 0 Å². The van der Waals surface area contributed by atoms with Crippen LogP contribution in [-0.2, 0) is 9.09 Å². The minimum Gasteiger partial charge on any atom is -0.303 e. The van der Waals surface area contributed by atoms with Crippen LogP contribution in [0.3, 0.4) is 0 Å². The molecular formula is C5H9Cl2O2P. The summed E-state index contributed by atoms with van der Waals surface area (Å²) in [5.74, 6) is 0. The van der Waals surface area contributed by atoms with Gasteiger partial charge in [0, 0.05) is 0 Å². The predicted octanol–water partition coefficient (Wildman–Crippen LogP) is 3.53. The van der Waals surface area contributed by atoms with E-state index < -0.39 is 6.07 Å². The Balaban J connectivity index is 2.31. The standard InChI is InChI=1S/C5H9Cl2O2P/c6-10(7,8)9-5-3-1-2-4-5/h5H,1-4H2. The number of hydrogen-bond donors (Lipinski definition) is 0. The van der Waals surface area contributed by atoms with Crippen LogP contribution in [0.5, 0.6) is 0 Å². The molecule has 1 rings (SSSR count). The normalized spacial score (nSPS) is 21.8. The summed E-state index contributed by atoms with van der Waals surface area (Å²) >= 11 is 10.4. The molecule has 0 aliphatic heterocycles. The van der Waals surface area contributed by atoms with Gasteiger partial charge < -0.3 is 4.52 Å². The molecule has 1 fully saturated rings. The molecule has 0 spiro atoms. The summed E-state index contributed by atoms with van der Waals surface area (Å²) in [6, 6.07) is 0. The van der Waals surface area contributed by atoms with Crippen LogP contribution >= 0.6 is 28.6 Å². The smallest absolute Gasteiger partial charge is 0.303 e. The van der Waals surface area contributed by atoms with Gasteiger partial charge in [-0.05, 0) is 35.3 Å². The molecule has 0 N–H and O–H groups in total. The lowest BCUT2D eigenvalue weighted by Gasteiger charge is -2.09. The van der Waals surface area contributed by atoms with Gasteiger partial charge >= 0.3 is 6.07 Å². The van der Waals surface area contributed by atoms with Gasteiger partial charge in [-0.15, -0.1) is 0 Å².